The molecule has 2 amide bonds. The van der Waals surface area contributed by atoms with Gasteiger partial charge < -0.3 is 15.4 Å². The van der Waals surface area contributed by atoms with Crippen LogP contribution in [0, 0.1) is 17.3 Å². The molecule has 8 heteroatoms. The van der Waals surface area contributed by atoms with Crippen molar-refractivity contribution in [2.75, 3.05) is 13.1 Å². The lowest BCUT2D eigenvalue weighted by Crippen LogP contribution is -2.38. The monoisotopic (exact) mass is 430 g/mol. The number of carbonyl (C=O) groups excluding carboxylic acids is 2. The highest BCUT2D eigenvalue weighted by Crippen LogP contribution is 2.33. The lowest BCUT2D eigenvalue weighted by molar-refractivity contribution is -0.154. The number of hydrogen-bond acceptors (Lipinski definition) is 5. The largest absolute Gasteiger partial charge is 0.392 e. The first-order valence-corrected chi connectivity index (χ1v) is 11.1. The fourth-order valence-corrected chi connectivity index (χ4v) is 4.55. The zero-order valence-corrected chi connectivity index (χ0v) is 18.4. The van der Waals surface area contributed by atoms with Crippen molar-refractivity contribution in [1.82, 2.24) is 20.3 Å². The Morgan fingerprint density at radius 1 is 1.39 bits per heavy atom. The fraction of sp³-hybridized carbons (Fsp3) is 0.609. The number of hydrogen-bond donors (Lipinski definition) is 4. The lowest BCUT2D eigenvalue weighted by Gasteiger charge is -2.27. The number of imidazole rings is 1. The van der Waals surface area contributed by atoms with Gasteiger partial charge in [0.2, 0.25) is 12.3 Å². The van der Waals surface area contributed by atoms with E-state index in [1.54, 1.807) is 0 Å². The molecule has 1 unspecified atom stereocenters. The third-order valence-electron chi connectivity index (χ3n) is 6.25. The van der Waals surface area contributed by atoms with Crippen LogP contribution in [0.15, 0.2) is 18.2 Å². The summed E-state index contributed by atoms with van der Waals surface area (Å²) in [7, 11) is 0. The van der Waals surface area contributed by atoms with E-state index in [1.165, 1.54) is 0 Å². The number of H-pyrrole nitrogens is 1. The third-order valence-corrected chi connectivity index (χ3v) is 6.25. The van der Waals surface area contributed by atoms with E-state index in [4.69, 9.17) is 0 Å². The number of aliphatic hydroxyl groups is 1. The fourth-order valence-electron chi connectivity index (χ4n) is 4.55. The second-order valence-electron chi connectivity index (χ2n) is 9.55. The van der Waals surface area contributed by atoms with E-state index in [1.807, 2.05) is 18.2 Å². The molecule has 4 N–H and O–H groups in total. The minimum atomic E-state index is -0.210. The molecule has 1 aliphatic carbocycles. The van der Waals surface area contributed by atoms with Gasteiger partial charge in [0.15, 0.2) is 0 Å². The first kappa shape index (κ1) is 23.2. The van der Waals surface area contributed by atoms with Gasteiger partial charge in [0.25, 0.3) is 0 Å². The minimum Gasteiger partial charge on any atom is -0.392 e. The summed E-state index contributed by atoms with van der Waals surface area (Å²) < 4.78 is 0. The highest BCUT2D eigenvalue weighted by atomic mass is 16.5. The van der Waals surface area contributed by atoms with E-state index in [0.29, 0.717) is 36.8 Å². The Morgan fingerprint density at radius 3 is 2.81 bits per heavy atom. The molecule has 0 bridgehead atoms. The molecule has 1 aromatic heterocycles. The van der Waals surface area contributed by atoms with Gasteiger partial charge in [-0.15, -0.1) is 0 Å². The molecular formula is C23H34N4O4. The zero-order chi connectivity index (χ0) is 22.4. The Morgan fingerprint density at radius 2 is 2.13 bits per heavy atom. The number of nitrogens with one attached hydrogen (secondary N) is 2. The minimum absolute atomic E-state index is 0.00937. The van der Waals surface area contributed by atoms with Crippen molar-refractivity contribution in [3.05, 3.63) is 29.6 Å². The van der Waals surface area contributed by atoms with Crippen LogP contribution in [0.4, 0.5) is 0 Å². The van der Waals surface area contributed by atoms with E-state index in [-0.39, 0.29) is 30.4 Å². The second kappa shape index (κ2) is 10.2. The molecule has 2 aromatic rings. The third kappa shape index (κ3) is 6.51. The highest BCUT2D eigenvalue weighted by Gasteiger charge is 2.29. The van der Waals surface area contributed by atoms with Crippen molar-refractivity contribution in [3.63, 3.8) is 0 Å². The van der Waals surface area contributed by atoms with Crippen molar-refractivity contribution in [3.8, 4) is 0 Å². The number of nitrogens with zero attached hydrogens (tertiary/aromatic N) is 2. The summed E-state index contributed by atoms with van der Waals surface area (Å²) in [5.41, 5.74) is 2.37. The van der Waals surface area contributed by atoms with Crippen LogP contribution in [0.25, 0.3) is 11.0 Å². The number of aliphatic hydroxyl groups excluding tert-OH is 1. The topological polar surface area (TPSA) is 119 Å². The molecule has 1 heterocycles. The summed E-state index contributed by atoms with van der Waals surface area (Å²) in [5.74, 6) is 1.13. The summed E-state index contributed by atoms with van der Waals surface area (Å²) >= 11 is 0. The quantitative estimate of drug-likeness (QED) is 0.248. The summed E-state index contributed by atoms with van der Waals surface area (Å²) in [6, 6.07) is 5.65. The van der Waals surface area contributed by atoms with Gasteiger partial charge in [-0.2, -0.15) is 0 Å². The normalized spacial score (nSPS) is 15.9. The summed E-state index contributed by atoms with van der Waals surface area (Å²) in [4.78, 5) is 31.4. The van der Waals surface area contributed by atoms with Crippen molar-refractivity contribution < 1.29 is 19.9 Å². The summed E-state index contributed by atoms with van der Waals surface area (Å²) in [6.07, 6.45) is 5.73. The average Bonchev–Trinajstić information content (AvgIpc) is 3.40. The van der Waals surface area contributed by atoms with Crippen LogP contribution in [0.5, 0.6) is 0 Å². The van der Waals surface area contributed by atoms with Crippen LogP contribution >= 0.6 is 0 Å². The Kier molecular flexibility index (Phi) is 7.67. The summed E-state index contributed by atoms with van der Waals surface area (Å²) in [6.45, 7) is 4.84. The molecule has 1 saturated carbocycles. The number of aromatic nitrogens is 2. The maximum absolute atomic E-state index is 12.6. The highest BCUT2D eigenvalue weighted by molar-refractivity contribution is 5.76. The molecular weight excluding hydrogens is 396 g/mol. The number of aromatic amines is 1. The maximum Gasteiger partial charge on any atom is 0.233 e. The van der Waals surface area contributed by atoms with Gasteiger partial charge in [0.05, 0.1) is 24.2 Å². The molecule has 3 rings (SSSR count). The summed E-state index contributed by atoms with van der Waals surface area (Å²) in [5, 5.41) is 22.6. The first-order chi connectivity index (χ1) is 14.8. The first-order valence-electron chi connectivity index (χ1n) is 11.1. The van der Waals surface area contributed by atoms with Gasteiger partial charge in [-0.25, -0.2) is 10.0 Å². The van der Waals surface area contributed by atoms with Crippen molar-refractivity contribution in [2.45, 2.75) is 59.0 Å². The van der Waals surface area contributed by atoms with Gasteiger partial charge in [0.1, 0.15) is 5.82 Å². The van der Waals surface area contributed by atoms with E-state index in [0.717, 1.165) is 48.1 Å². The lowest BCUT2D eigenvalue weighted by atomic mass is 9.86. The Hall–Kier alpha value is -2.45. The number of fused-ring (bicyclic) bond motifs is 1. The van der Waals surface area contributed by atoms with Gasteiger partial charge in [-0.05, 0) is 34.9 Å². The maximum atomic E-state index is 12.6. The van der Waals surface area contributed by atoms with Gasteiger partial charge >= 0.3 is 0 Å². The van der Waals surface area contributed by atoms with Gasteiger partial charge in [-0.3, -0.25) is 14.8 Å². The van der Waals surface area contributed by atoms with E-state index in [9.17, 15) is 19.9 Å². The van der Waals surface area contributed by atoms with Gasteiger partial charge in [0, 0.05) is 19.4 Å². The molecule has 31 heavy (non-hydrogen) atoms. The van der Waals surface area contributed by atoms with Crippen molar-refractivity contribution in [1.29, 1.82) is 0 Å². The van der Waals surface area contributed by atoms with E-state index >= 15 is 0 Å². The second-order valence-corrected chi connectivity index (χ2v) is 9.55. The predicted octanol–water partition coefficient (Wildman–Crippen LogP) is 2.78. The molecule has 0 aliphatic heterocycles. The number of carbonyl (C=O) groups is 2. The van der Waals surface area contributed by atoms with Crippen LogP contribution in [0.1, 0.15) is 57.3 Å². The SMILES string of the molecule is CC(C)(CNC(=O)CC(CN(O)C=O)C1CCCC1)Cc1nc2ccc(CO)cc2[nH]1. The van der Waals surface area contributed by atoms with Crippen LogP contribution in [-0.2, 0) is 22.6 Å². The van der Waals surface area contributed by atoms with Gasteiger partial charge in [-0.1, -0.05) is 45.6 Å². The Balaban J connectivity index is 1.55. The number of rotatable bonds is 11. The number of benzene rings is 1. The van der Waals surface area contributed by atoms with E-state index < -0.39 is 0 Å². The molecule has 8 nitrogen and oxygen atoms in total. The number of hydroxylamine groups is 2. The predicted molar refractivity (Wildman–Crippen MR) is 117 cm³/mol. The van der Waals surface area contributed by atoms with Crippen LogP contribution in [0.2, 0.25) is 0 Å². The number of amides is 2. The van der Waals surface area contributed by atoms with Crippen molar-refractivity contribution >= 4 is 23.4 Å². The zero-order valence-electron chi connectivity index (χ0n) is 18.4. The molecule has 0 radical (unpaired) electrons. The Bertz CT molecular complexity index is 889. The molecule has 1 atom stereocenters. The Labute approximate surface area is 183 Å². The molecule has 170 valence electrons. The molecule has 0 saturated heterocycles. The molecule has 1 aliphatic rings. The van der Waals surface area contributed by atoms with Crippen LogP contribution in [-0.4, -0.2) is 50.8 Å². The average molecular weight is 431 g/mol. The van der Waals surface area contributed by atoms with Crippen molar-refractivity contribution in [2.24, 2.45) is 17.3 Å². The standard InChI is InChI=1S/C23H34N4O4/c1-23(2,11-21-25-19-8-7-16(13-28)9-20(19)26-21)14-24-22(30)10-18(12-27(31)15-29)17-5-3-4-6-17/h7-9,15,17-18,28,31H,3-6,10-14H2,1-2H3,(H,24,30)(H,25,26). The molecule has 0 spiro atoms. The smallest absolute Gasteiger partial charge is 0.233 e. The molecule has 1 aromatic carbocycles. The van der Waals surface area contributed by atoms with Crippen LogP contribution in [0.3, 0.4) is 0 Å². The molecule has 1 fully saturated rings. The van der Waals surface area contributed by atoms with E-state index in [2.05, 4.69) is 29.1 Å². The van der Waals surface area contributed by atoms with Crippen LogP contribution < -0.4 is 5.32 Å².